The third-order valence-electron chi connectivity index (χ3n) is 24.8. The Morgan fingerprint density at radius 2 is 1.06 bits per heavy atom. The van der Waals surface area contributed by atoms with Crippen LogP contribution in [-0.4, -0.2) is 262 Å². The van der Waals surface area contributed by atoms with Gasteiger partial charge in [0.15, 0.2) is 29.3 Å². The Labute approximate surface area is 804 Å². The van der Waals surface area contributed by atoms with Crippen molar-refractivity contribution in [1.29, 1.82) is 0 Å². The summed E-state index contributed by atoms with van der Waals surface area (Å²) in [6, 6.07) is 1.93. The van der Waals surface area contributed by atoms with Crippen LogP contribution in [0.15, 0.2) is 115 Å². The molecule has 0 aromatic heterocycles. The fraction of sp³-hybridized carbons (Fsp3) is 0.457. The van der Waals surface area contributed by atoms with E-state index in [1.165, 1.54) is 30.3 Å². The molecule has 0 unspecified atom stereocenters. The normalized spacial score (nSPS) is 28.0. The molecule has 0 radical (unpaired) electrons. The van der Waals surface area contributed by atoms with E-state index in [0.29, 0.717) is 44.6 Å². The van der Waals surface area contributed by atoms with E-state index in [1.807, 2.05) is 0 Å². The molecular formula is C94H111Cl2N11O32. The van der Waals surface area contributed by atoms with E-state index in [4.69, 9.17) is 77.3 Å². The van der Waals surface area contributed by atoms with Crippen molar-refractivity contribution in [2.45, 2.75) is 232 Å². The Kier molecular flexibility index (Phi) is 33.3. The van der Waals surface area contributed by atoms with Crippen LogP contribution >= 0.6 is 23.2 Å². The lowest BCUT2D eigenvalue weighted by Gasteiger charge is -2.44. The first kappa shape index (κ1) is 103. The maximum Gasteiger partial charge on any atom is 0.248 e. The molecule has 17 bridgehead atoms. The van der Waals surface area contributed by atoms with Crippen LogP contribution in [-0.2, 0) is 68.5 Å². The van der Waals surface area contributed by atoms with Crippen molar-refractivity contribution in [2.75, 3.05) is 32.9 Å². The van der Waals surface area contributed by atoms with Gasteiger partial charge in [-0.15, -0.1) is 0 Å². The van der Waals surface area contributed by atoms with Gasteiger partial charge < -0.3 is 173 Å². The predicted octanol–water partition coefficient (Wildman–Crippen LogP) is 1.57. The number of hydrogen-bond donors (Lipinski definition) is 25. The zero-order chi connectivity index (χ0) is 99.8. The smallest absolute Gasteiger partial charge is 0.248 e. The van der Waals surface area contributed by atoms with Crippen LogP contribution in [0.4, 0.5) is 0 Å². The molecule has 27 N–H and O–H groups in total. The Balaban J connectivity index is 1.04. The Bertz CT molecular complexity index is 5710. The molecule has 3 saturated heterocycles. The number of amides is 9. The molecule has 9 heterocycles. The minimum Gasteiger partial charge on any atom is -0.508 e. The van der Waals surface area contributed by atoms with Crippen LogP contribution in [0.2, 0.25) is 10.0 Å². The Hall–Kier alpha value is -12.1. The molecule has 9 aliphatic rings. The first-order chi connectivity index (χ1) is 66.4. The summed E-state index contributed by atoms with van der Waals surface area (Å²) in [6.45, 7) is 2.22. The highest BCUT2D eigenvalue weighted by atomic mass is 35.5. The molecule has 0 aliphatic carbocycles. The summed E-state index contributed by atoms with van der Waals surface area (Å²) in [4.78, 5) is 141. The molecule has 3 fully saturated rings. The molecule has 45 heteroatoms. The number of halogens is 2. The lowest BCUT2D eigenvalue weighted by atomic mass is 9.89. The van der Waals surface area contributed by atoms with Crippen LogP contribution < -0.4 is 83.0 Å². The number of rotatable bonds is 25. The fourth-order valence-corrected chi connectivity index (χ4v) is 17.9. The lowest BCUT2D eigenvalue weighted by molar-refractivity contribution is -0.284. The van der Waals surface area contributed by atoms with Gasteiger partial charge in [-0.2, -0.15) is 0 Å². The number of aliphatic hydroxyl groups excluding tert-OH is 10. The van der Waals surface area contributed by atoms with Gasteiger partial charge in [0.2, 0.25) is 71.5 Å². The summed E-state index contributed by atoms with van der Waals surface area (Å²) in [5.41, 5.74) is 9.24. The van der Waals surface area contributed by atoms with Gasteiger partial charge in [-0.25, -0.2) is 0 Å². The number of phenolic OH excluding ortho intramolecular Hbond substituents is 4. The molecule has 43 nitrogen and oxygen atoms in total. The average molecular weight is 1980 g/mol. The number of aliphatic hydroxyl groups is 10. The zero-order valence-corrected chi connectivity index (χ0v) is 76.7. The van der Waals surface area contributed by atoms with Crippen molar-refractivity contribution >= 4 is 76.4 Å². The van der Waals surface area contributed by atoms with Gasteiger partial charge in [-0.3, -0.25) is 43.2 Å². The molecule has 0 spiro atoms. The summed E-state index contributed by atoms with van der Waals surface area (Å²) < 4.78 is 58.3. The van der Waals surface area contributed by atoms with Crippen molar-refractivity contribution in [3.63, 3.8) is 0 Å². The summed E-state index contributed by atoms with van der Waals surface area (Å²) in [6.07, 6.45) is -23.7. The van der Waals surface area contributed by atoms with Crippen molar-refractivity contribution in [1.82, 2.24) is 47.9 Å². The van der Waals surface area contributed by atoms with E-state index in [9.17, 15) is 85.9 Å². The first-order valence-corrected chi connectivity index (χ1v) is 46.0. The zero-order valence-electron chi connectivity index (χ0n) is 75.2. The Morgan fingerprint density at radius 3 is 1.71 bits per heavy atom. The standard InChI is InChI=1S/C94H111Cl2N11O32/c1-39(2)12-8-4-5-9-13-66(116)102-74-80(121)77(118)64(37-109)136-93(74)139-84-61-31-46-32-62(84)133-58-21-17-44(29-53(58)96)83(138-92-73(100-40(3)111)79(120)76(117)63(36-108)135-92)75-91(130)106-72(87(126)99-23-11-7-6-10-22-97)51-34-48(113)35-60(134-94-82(123)81(122)78(119)65(38-110)137-94)67(51)50-28-43(16-18-55(50)114)69(88(127)107-75)104-90(129)71(46)105-89(128)70-45-26-47(112)33-49(27-45)131-59-30-42(15-19-56(59)115)68(98)86(125)101-54(85(124)103-70)25-41-14-20-57(132-61)52(95)24-41/h14-21,24,26-35,39,54,63-65,68-83,92-94,108-110,112-115,117-123H,4-13,22-23,25,36-38,97-98H2,1-3H3,(H,99,126)(H,100,111)(H,101,125)(H,102,116)(H,103,124)(H,104,129)(H,105,128)(H,106,130)(H,107,127)/t54-,63+,64+,65-,68-,69-,70+,71-,72+,73+,74+,75+,76-,77-,78-,79-,80-,81-,82+,83-,92+,93+,94+/m1/s1. The van der Waals surface area contributed by atoms with E-state index >= 15 is 28.8 Å². The van der Waals surface area contributed by atoms with E-state index < -0.39 is 304 Å². The first-order valence-electron chi connectivity index (χ1n) is 45.2. The third-order valence-corrected chi connectivity index (χ3v) is 25.4. The maximum atomic E-state index is 17.2. The minimum atomic E-state index is -2.52. The molecule has 9 aliphatic heterocycles. The van der Waals surface area contributed by atoms with Crippen LogP contribution in [0.5, 0.6) is 69.0 Å². The summed E-state index contributed by atoms with van der Waals surface area (Å²) in [5, 5.41) is 184. The monoisotopic (exact) mass is 1980 g/mol. The van der Waals surface area contributed by atoms with Crippen molar-refractivity contribution in [2.24, 2.45) is 17.4 Å². The fourth-order valence-electron chi connectivity index (χ4n) is 17.4. The number of fused-ring (bicyclic) bond motifs is 14. The van der Waals surface area contributed by atoms with E-state index in [0.717, 1.165) is 111 Å². The van der Waals surface area contributed by atoms with Gasteiger partial charge in [0.05, 0.1) is 29.9 Å². The van der Waals surface area contributed by atoms with Gasteiger partial charge in [-0.1, -0.05) is 99.8 Å². The van der Waals surface area contributed by atoms with E-state index in [-0.39, 0.29) is 63.9 Å². The number of aromatic hydroxyl groups is 4. The quantitative estimate of drug-likeness (QED) is 0.0361. The molecule has 139 heavy (non-hydrogen) atoms. The van der Waals surface area contributed by atoms with Gasteiger partial charge in [0.1, 0.15) is 162 Å². The highest BCUT2D eigenvalue weighted by Gasteiger charge is 2.52. The highest BCUT2D eigenvalue weighted by molar-refractivity contribution is 6.32. The molecule has 23 atom stereocenters. The van der Waals surface area contributed by atoms with Gasteiger partial charge in [0.25, 0.3) is 0 Å². The molecule has 748 valence electrons. The number of nitrogens with one attached hydrogen (secondary N) is 9. The number of carbonyl (C=O) groups is 9. The second-order valence-corrected chi connectivity index (χ2v) is 36.2. The van der Waals surface area contributed by atoms with Gasteiger partial charge in [0, 0.05) is 49.6 Å². The van der Waals surface area contributed by atoms with E-state index in [1.54, 1.807) is 0 Å². The second-order valence-electron chi connectivity index (χ2n) is 35.3. The third kappa shape index (κ3) is 23.5. The molecule has 9 amide bonds. The summed E-state index contributed by atoms with van der Waals surface area (Å²) >= 11 is 14.9. The molecule has 0 saturated carbocycles. The van der Waals surface area contributed by atoms with Crippen molar-refractivity contribution in [3.8, 4) is 80.1 Å². The van der Waals surface area contributed by atoms with Crippen molar-refractivity contribution < 1.29 is 157 Å². The molecule has 7 aromatic carbocycles. The number of phenols is 4. The molecular weight excluding hydrogens is 1870 g/mol. The minimum absolute atomic E-state index is 0.0328. The summed E-state index contributed by atoms with van der Waals surface area (Å²) in [5.74, 6) is -17.6. The SMILES string of the molecule is CC(=O)N[C@@H]1[C@H](O[C@@H]2c3ccc(c(Cl)c3)Oc3cc4cc(c3O[C@@H]3O[C@@H](CO)[C@@H](O)[C@H](O)[C@@H]3NC(=O)CCCCCCC(C)C)Oc3ccc(cc3Cl)C[C@H]3NC(=O)[C@H](N)c5ccc(O)c(c5)Oc5cc(O)cc(c5)[C@H](NC3=O)C(=O)N[C@H]4C(=O)N[C@H]3C(=O)N[C@@H]2C(=O)N[C@H](C(=O)NCCCCCCN)c2cc(O)cc(O[C@H]4O[C@H](CO)[C@@H](O)[C@@H](O)[C@@H]4O)c2-c2cc3ccc2O)O[C@@H](CO)[C@@H](O)[C@@H]1O. The van der Waals surface area contributed by atoms with Gasteiger partial charge >= 0.3 is 0 Å². The predicted molar refractivity (Wildman–Crippen MR) is 486 cm³/mol. The molecule has 16 rings (SSSR count). The van der Waals surface area contributed by atoms with E-state index in [2.05, 4.69) is 61.7 Å². The topological polar surface area (TPSA) is 680 Å². The number of unbranched alkanes of at least 4 members (excludes halogenated alkanes) is 6. The number of ether oxygens (including phenoxy) is 9. The van der Waals surface area contributed by atoms with Crippen LogP contribution in [0.25, 0.3) is 11.1 Å². The summed E-state index contributed by atoms with van der Waals surface area (Å²) in [7, 11) is 0. The second kappa shape index (κ2) is 45.0. The number of carbonyl (C=O) groups excluding carboxylic acids is 9. The van der Waals surface area contributed by atoms with Gasteiger partial charge in [-0.05, 0) is 150 Å². The highest BCUT2D eigenvalue weighted by Crippen LogP contribution is 2.51. The Morgan fingerprint density at radius 1 is 0.496 bits per heavy atom. The van der Waals surface area contributed by atoms with Crippen LogP contribution in [0.3, 0.4) is 0 Å². The maximum absolute atomic E-state index is 17.2. The lowest BCUT2D eigenvalue weighted by Crippen LogP contribution is -2.65. The molecule has 7 aromatic rings. The number of hydrogen-bond acceptors (Lipinski definition) is 34. The van der Waals surface area contributed by atoms with Crippen LogP contribution in [0, 0.1) is 5.92 Å². The number of nitrogens with two attached hydrogens (primary N) is 2. The van der Waals surface area contributed by atoms with Crippen molar-refractivity contribution in [3.05, 3.63) is 164 Å². The largest absolute Gasteiger partial charge is 0.508 e. The number of benzene rings is 7. The average Bonchev–Trinajstić information content (AvgIpc) is 0.842. The van der Waals surface area contributed by atoms with Crippen LogP contribution in [0.1, 0.15) is 160 Å².